The largest absolute Gasteiger partial charge is 0.481 e. The molecule has 0 aliphatic rings. The number of nitrogens with one attached hydrogen (secondary N) is 6. The first kappa shape index (κ1) is 61.8. The van der Waals surface area contributed by atoms with Gasteiger partial charge >= 0.3 is 53.7 Å². The van der Waals surface area contributed by atoms with Crippen LogP contribution < -0.4 is 31.9 Å². The molecule has 0 aliphatic carbocycles. The summed E-state index contributed by atoms with van der Waals surface area (Å²) in [5.41, 5.74) is -3.79. The highest BCUT2D eigenvalue weighted by atomic mass is 16.5. The Balaban J connectivity index is 2.76. The number of aliphatic hydroxyl groups is 2. The Hall–Kier alpha value is -9.27. The second kappa shape index (κ2) is 28.7. The predicted molar refractivity (Wildman–Crippen MR) is 238 cm³/mol. The molecule has 0 fully saturated rings. The summed E-state index contributed by atoms with van der Waals surface area (Å²) in [6.07, 6.45) is -12.7. The minimum absolute atomic E-state index is 0.304. The minimum Gasteiger partial charge on any atom is -0.481 e. The van der Waals surface area contributed by atoms with Gasteiger partial charge in [0.2, 0.25) is 11.8 Å². The summed E-state index contributed by atoms with van der Waals surface area (Å²) in [4.78, 5) is 187. The fourth-order valence-corrected chi connectivity index (χ4v) is 6.45. The van der Waals surface area contributed by atoms with Gasteiger partial charge in [0.15, 0.2) is 5.78 Å². The molecule has 32 heteroatoms. The van der Waals surface area contributed by atoms with Crippen LogP contribution in [0.15, 0.2) is 42.5 Å². The maximum atomic E-state index is 14.1. The molecule has 2 aromatic rings. The molecule has 0 radical (unpaired) electrons. The molecule has 75 heavy (non-hydrogen) atoms. The summed E-state index contributed by atoms with van der Waals surface area (Å²) < 4.78 is 5.06. The number of carbonyl (C=O) groups is 15. The maximum absolute atomic E-state index is 14.1. The molecule has 2 aromatic carbocycles. The second-order valence-corrected chi connectivity index (χ2v) is 15.8. The van der Waals surface area contributed by atoms with Gasteiger partial charge in [-0.1, -0.05) is 30.3 Å². The zero-order valence-electron chi connectivity index (χ0n) is 38.6. The lowest BCUT2D eigenvalue weighted by molar-refractivity contribution is -0.148. The van der Waals surface area contributed by atoms with Crippen LogP contribution in [-0.2, 0) is 64.1 Å². The van der Waals surface area contributed by atoms with E-state index in [0.29, 0.717) is 17.7 Å². The lowest BCUT2D eigenvalue weighted by atomic mass is 9.92. The fourth-order valence-electron chi connectivity index (χ4n) is 6.45. The molecule has 0 aromatic heterocycles. The van der Waals surface area contributed by atoms with Crippen molar-refractivity contribution in [2.24, 2.45) is 0 Å². The first-order valence-corrected chi connectivity index (χ1v) is 21.2. The average Bonchev–Trinajstić information content (AvgIpc) is 3.30. The van der Waals surface area contributed by atoms with Crippen molar-refractivity contribution in [2.75, 3.05) is 0 Å². The zero-order valence-corrected chi connectivity index (χ0v) is 38.6. The van der Waals surface area contributed by atoms with Crippen LogP contribution in [0.4, 0.5) is 0 Å². The van der Waals surface area contributed by atoms with Gasteiger partial charge in [-0.05, 0) is 24.6 Å². The van der Waals surface area contributed by atoms with Crippen LogP contribution in [0.3, 0.4) is 0 Å². The molecule has 8 atom stereocenters. The zero-order chi connectivity index (χ0) is 57.0. The minimum atomic E-state index is -2.52. The lowest BCUT2D eigenvalue weighted by Crippen LogP contribution is -2.59. The van der Waals surface area contributed by atoms with Crippen LogP contribution >= 0.6 is 0 Å². The number of aliphatic carboxylic acids is 8. The standard InChI is InChI=1S/C43H48N6O26/c1-16(50)18-7-21(36(65)45-23(10-29(53)54)38(67)47-25(12-31(57)58)40(69)49-27(42(72)73)14-33(61)62)19(34(63)43(74)75-15-17-5-3-2-4-6-17)8-20(18)35(64)44-22(9-28(51)52)37(66)46-24(11-30(55)56)39(68)48-26(41(70)71)13-32(59)60/h2-8,22-27,37-38,46-47,66-67H,9-15H2,1H3,(H,44,64)(H,45,65)(H,48,68)(H,49,69)(H,51,52)(H,53,54)(H,55,56)(H,57,58)(H,59,60)(H,61,62)(H,70,71)(H,72,73)/t22?,23?,24-,25-,26-,27-,37?,38?/m0/s1. The Morgan fingerprint density at radius 2 is 0.800 bits per heavy atom. The van der Waals surface area contributed by atoms with E-state index in [-0.39, 0.29) is 0 Å². The van der Waals surface area contributed by atoms with Gasteiger partial charge in [-0.25, -0.2) is 14.4 Å². The molecule has 32 nitrogen and oxygen atoms in total. The van der Waals surface area contributed by atoms with Crippen molar-refractivity contribution in [3.63, 3.8) is 0 Å². The second-order valence-electron chi connectivity index (χ2n) is 15.8. The van der Waals surface area contributed by atoms with Crippen molar-refractivity contribution < 1.29 is 128 Å². The third-order valence-corrected chi connectivity index (χ3v) is 9.97. The monoisotopic (exact) mass is 1060 g/mol. The smallest absolute Gasteiger partial charge is 0.380 e. The Morgan fingerprint density at radius 3 is 1.15 bits per heavy atom. The number of ketones is 2. The van der Waals surface area contributed by atoms with Crippen molar-refractivity contribution in [1.29, 1.82) is 0 Å². The van der Waals surface area contributed by atoms with Crippen LogP contribution in [-0.4, -0.2) is 189 Å². The quantitative estimate of drug-likeness (QED) is 0.0139. The fraction of sp³-hybridized carbons (Fsp3) is 0.372. The van der Waals surface area contributed by atoms with E-state index in [1.807, 2.05) is 21.3 Å². The number of carboxylic acids is 8. The maximum Gasteiger partial charge on any atom is 0.380 e. The third kappa shape index (κ3) is 20.4. The summed E-state index contributed by atoms with van der Waals surface area (Å²) in [7, 11) is 0. The van der Waals surface area contributed by atoms with Crippen LogP contribution in [0.1, 0.15) is 92.4 Å². The van der Waals surface area contributed by atoms with Gasteiger partial charge in [0.25, 0.3) is 17.6 Å². The van der Waals surface area contributed by atoms with Crippen LogP contribution in [0.5, 0.6) is 0 Å². The van der Waals surface area contributed by atoms with Crippen LogP contribution in [0.25, 0.3) is 0 Å². The molecule has 406 valence electrons. The topological polar surface area (TPSA) is 540 Å². The lowest BCUT2D eigenvalue weighted by Gasteiger charge is -2.28. The number of hydrogen-bond acceptors (Lipinski definition) is 20. The van der Waals surface area contributed by atoms with E-state index in [9.17, 15) is 113 Å². The number of aliphatic hydroxyl groups excluding tert-OH is 2. The SMILES string of the molecule is CC(=O)c1cc(C(=O)NC(CC(=O)O)C(O)N[C@@H](CC(=O)O)C(=O)N[C@@H](CC(=O)O)C(=O)O)c(C(=O)C(=O)OCc2ccccc2)cc1C(=O)NC(CC(=O)O)C(O)N[C@@H](CC(=O)O)C(=O)N[C@@H](CC(=O)O)C(=O)O. The molecule has 0 spiro atoms. The van der Waals surface area contributed by atoms with Gasteiger partial charge in [0.1, 0.15) is 31.1 Å². The molecule has 0 heterocycles. The number of rotatable bonds is 33. The van der Waals surface area contributed by atoms with Crippen molar-refractivity contribution in [3.8, 4) is 0 Å². The van der Waals surface area contributed by atoms with E-state index in [1.165, 1.54) is 24.3 Å². The molecule has 16 N–H and O–H groups in total. The molecule has 0 saturated carbocycles. The average molecular weight is 1060 g/mol. The van der Waals surface area contributed by atoms with Gasteiger partial charge in [-0.3, -0.25) is 68.2 Å². The number of carbonyl (C=O) groups excluding carboxylic acids is 7. The summed E-state index contributed by atoms with van der Waals surface area (Å²) >= 11 is 0. The first-order chi connectivity index (χ1) is 34.9. The van der Waals surface area contributed by atoms with Gasteiger partial charge in [-0.2, -0.15) is 0 Å². The highest BCUT2D eigenvalue weighted by molar-refractivity contribution is 6.42. The number of hydrogen-bond donors (Lipinski definition) is 16. The van der Waals surface area contributed by atoms with E-state index in [4.69, 9.17) is 14.9 Å². The first-order valence-electron chi connectivity index (χ1n) is 21.2. The van der Waals surface area contributed by atoms with E-state index in [2.05, 4.69) is 0 Å². The van der Waals surface area contributed by atoms with E-state index >= 15 is 0 Å². The normalized spacial score (nSPS) is 14.0. The van der Waals surface area contributed by atoms with Crippen molar-refractivity contribution in [3.05, 3.63) is 70.3 Å². The summed E-state index contributed by atoms with van der Waals surface area (Å²) in [6, 6.07) is -4.72. The Morgan fingerprint density at radius 1 is 0.453 bits per heavy atom. The molecule has 0 bridgehead atoms. The van der Waals surface area contributed by atoms with Gasteiger partial charge in [-0.15, -0.1) is 0 Å². The van der Waals surface area contributed by atoms with E-state index < -0.39 is 205 Å². The third-order valence-electron chi connectivity index (χ3n) is 9.97. The highest BCUT2D eigenvalue weighted by Crippen LogP contribution is 2.22. The Kier molecular flexibility index (Phi) is 23.7. The van der Waals surface area contributed by atoms with Crippen molar-refractivity contribution >= 4 is 88.9 Å². The number of carboxylic acid groups (broad SMARTS) is 8. The Bertz CT molecular complexity index is 2590. The molecule has 4 amide bonds. The van der Waals surface area contributed by atoms with Crippen molar-refractivity contribution in [1.82, 2.24) is 31.9 Å². The molecule has 2 rings (SSSR count). The van der Waals surface area contributed by atoms with Gasteiger partial charge in [0.05, 0.1) is 73.8 Å². The predicted octanol–water partition coefficient (Wildman–Crippen LogP) is -4.45. The molecule has 0 aliphatic heterocycles. The Labute approximate surface area is 419 Å². The number of amides is 4. The summed E-state index contributed by atoms with van der Waals surface area (Å²) in [6.45, 7) is 0.163. The van der Waals surface area contributed by atoms with Crippen LogP contribution in [0.2, 0.25) is 0 Å². The van der Waals surface area contributed by atoms with Gasteiger partial charge in [0, 0.05) is 11.1 Å². The molecule has 4 unspecified atom stereocenters. The molecule has 0 saturated heterocycles. The highest BCUT2D eigenvalue weighted by Gasteiger charge is 2.37. The number of esters is 1. The summed E-state index contributed by atoms with van der Waals surface area (Å²) in [5, 5.41) is 108. The number of benzene rings is 2. The summed E-state index contributed by atoms with van der Waals surface area (Å²) in [5.74, 6) is -25.5. The number of ether oxygens (including phenoxy) is 1. The molecular formula is C43H48N6O26. The van der Waals surface area contributed by atoms with Gasteiger partial charge < -0.3 is 77.1 Å². The molecular weight excluding hydrogens is 1020 g/mol. The van der Waals surface area contributed by atoms with Crippen molar-refractivity contribution in [2.45, 2.75) is 101 Å². The van der Waals surface area contributed by atoms with E-state index in [1.54, 1.807) is 16.7 Å². The van der Waals surface area contributed by atoms with E-state index in [0.717, 1.165) is 6.92 Å². The number of Topliss-reactive ketones (excluding diaryl/α,β-unsaturated/α-hetero) is 2. The van der Waals surface area contributed by atoms with Crippen LogP contribution in [0, 0.1) is 0 Å².